The molecule has 4 nitrogen and oxygen atoms in total. The molecule has 1 saturated heterocycles. The Balaban J connectivity index is 1.55. The molecule has 0 spiro atoms. The van der Waals surface area contributed by atoms with E-state index in [0.717, 1.165) is 28.6 Å². The molecule has 2 aromatic heterocycles. The molecule has 1 aromatic carbocycles. The Morgan fingerprint density at radius 3 is 2.96 bits per heavy atom. The monoisotopic (exact) mass is 312 g/mol. The molecule has 0 atom stereocenters. The first-order valence-corrected chi connectivity index (χ1v) is 8.17. The van der Waals surface area contributed by atoms with Crippen LogP contribution >= 0.6 is 0 Å². The summed E-state index contributed by atoms with van der Waals surface area (Å²) in [6.45, 7) is 3.32. The highest BCUT2D eigenvalue weighted by Crippen LogP contribution is 2.29. The third-order valence-electron chi connectivity index (χ3n) is 4.87. The molecule has 23 heavy (non-hydrogen) atoms. The van der Waals surface area contributed by atoms with Gasteiger partial charge in [-0.15, -0.1) is 0 Å². The van der Waals surface area contributed by atoms with Gasteiger partial charge in [0.25, 0.3) is 0 Å². The largest absolute Gasteiger partial charge is 0.360 e. The minimum Gasteiger partial charge on any atom is -0.360 e. The van der Waals surface area contributed by atoms with Crippen molar-refractivity contribution in [3.8, 4) is 11.1 Å². The van der Waals surface area contributed by atoms with Gasteiger partial charge in [-0.05, 0) is 57.1 Å². The highest BCUT2D eigenvalue weighted by atomic mass is 19.1. The number of nitrogens with zero attached hydrogens (tertiary/aromatic N) is 3. The van der Waals surface area contributed by atoms with Crippen molar-refractivity contribution >= 4 is 10.9 Å². The summed E-state index contributed by atoms with van der Waals surface area (Å²) >= 11 is 0. The maximum Gasteiger partial charge on any atom is 0.125 e. The average molecular weight is 312 g/mol. The van der Waals surface area contributed by atoms with Crippen LogP contribution in [0.25, 0.3) is 22.0 Å². The van der Waals surface area contributed by atoms with E-state index in [2.05, 4.69) is 28.2 Å². The minimum absolute atomic E-state index is 0.219. The first-order chi connectivity index (χ1) is 11.2. The van der Waals surface area contributed by atoms with Gasteiger partial charge < -0.3 is 9.88 Å². The lowest BCUT2D eigenvalue weighted by Gasteiger charge is -2.28. The predicted octanol–water partition coefficient (Wildman–Crippen LogP) is 3.51. The van der Waals surface area contributed by atoms with Gasteiger partial charge in [0.05, 0.1) is 6.20 Å². The van der Waals surface area contributed by atoms with Crippen LogP contribution in [0, 0.1) is 11.7 Å². The maximum absolute atomic E-state index is 13.3. The minimum atomic E-state index is -0.219. The quantitative estimate of drug-likeness (QED) is 0.803. The second-order valence-electron chi connectivity index (χ2n) is 6.59. The second kappa shape index (κ2) is 5.81. The van der Waals surface area contributed by atoms with Crippen LogP contribution in [-0.4, -0.2) is 39.8 Å². The number of benzene rings is 1. The van der Waals surface area contributed by atoms with Crippen LogP contribution in [0.15, 0.2) is 36.8 Å². The normalized spacial score (nSPS) is 17.1. The summed E-state index contributed by atoms with van der Waals surface area (Å²) in [5.74, 6) is 0.486. The number of likely N-dealkylation sites (tertiary alicyclic amines) is 1. The standard InChI is InChI=1S/C18H21FN4/c1-22-6-4-13(5-7-22)11-23-12-14(9-21-23)17-10-20-18-8-15(19)2-3-16(17)18/h2-3,8-10,12-13,20H,4-7,11H2,1H3. The van der Waals surface area contributed by atoms with E-state index in [4.69, 9.17) is 0 Å². The topological polar surface area (TPSA) is 36.9 Å². The lowest BCUT2D eigenvalue weighted by molar-refractivity contribution is 0.201. The Hall–Kier alpha value is -2.14. The van der Waals surface area contributed by atoms with E-state index in [1.165, 1.54) is 38.1 Å². The molecule has 1 aliphatic rings. The highest BCUT2D eigenvalue weighted by Gasteiger charge is 2.18. The summed E-state index contributed by atoms with van der Waals surface area (Å²) in [6, 6.07) is 4.86. The van der Waals surface area contributed by atoms with Crippen LogP contribution in [0.3, 0.4) is 0 Å². The predicted molar refractivity (Wildman–Crippen MR) is 89.7 cm³/mol. The highest BCUT2D eigenvalue weighted by molar-refractivity contribution is 5.95. The fraction of sp³-hybridized carbons (Fsp3) is 0.389. The van der Waals surface area contributed by atoms with Crippen LogP contribution in [0.4, 0.5) is 4.39 Å². The Bertz CT molecular complexity index is 811. The number of hydrogen-bond acceptors (Lipinski definition) is 2. The average Bonchev–Trinajstić information content (AvgIpc) is 3.15. The number of hydrogen-bond donors (Lipinski definition) is 1. The fourth-order valence-electron chi connectivity index (χ4n) is 3.45. The summed E-state index contributed by atoms with van der Waals surface area (Å²) < 4.78 is 15.3. The molecule has 0 aliphatic carbocycles. The zero-order chi connectivity index (χ0) is 15.8. The molecule has 120 valence electrons. The molecule has 4 rings (SSSR count). The maximum atomic E-state index is 13.3. The van der Waals surface area contributed by atoms with Crippen LogP contribution < -0.4 is 0 Å². The summed E-state index contributed by atoms with van der Waals surface area (Å²) in [6.07, 6.45) is 8.41. The molecule has 0 saturated carbocycles. The van der Waals surface area contributed by atoms with Gasteiger partial charge in [0.2, 0.25) is 0 Å². The number of fused-ring (bicyclic) bond motifs is 1. The third-order valence-corrected chi connectivity index (χ3v) is 4.87. The second-order valence-corrected chi connectivity index (χ2v) is 6.59. The van der Waals surface area contributed by atoms with E-state index in [9.17, 15) is 4.39 Å². The summed E-state index contributed by atoms with van der Waals surface area (Å²) in [5.41, 5.74) is 2.98. The Kier molecular flexibility index (Phi) is 3.65. The number of halogens is 1. The molecule has 0 radical (unpaired) electrons. The molecule has 0 unspecified atom stereocenters. The lowest BCUT2D eigenvalue weighted by Crippen LogP contribution is -2.31. The van der Waals surface area contributed by atoms with E-state index < -0.39 is 0 Å². The molecule has 1 N–H and O–H groups in total. The van der Waals surface area contributed by atoms with E-state index in [1.54, 1.807) is 0 Å². The zero-order valence-electron chi connectivity index (χ0n) is 13.3. The number of rotatable bonds is 3. The van der Waals surface area contributed by atoms with Crippen molar-refractivity contribution in [2.24, 2.45) is 5.92 Å². The molecule has 1 aliphatic heterocycles. The Morgan fingerprint density at radius 2 is 2.13 bits per heavy atom. The molecule has 5 heteroatoms. The summed E-state index contributed by atoms with van der Waals surface area (Å²) in [4.78, 5) is 5.53. The van der Waals surface area contributed by atoms with E-state index in [1.807, 2.05) is 23.1 Å². The van der Waals surface area contributed by atoms with Gasteiger partial charge in [-0.2, -0.15) is 5.10 Å². The van der Waals surface area contributed by atoms with Gasteiger partial charge in [0.15, 0.2) is 0 Å². The molecule has 1 fully saturated rings. The Labute approximate surface area is 134 Å². The molecular weight excluding hydrogens is 291 g/mol. The van der Waals surface area contributed by atoms with Crippen molar-refractivity contribution in [3.63, 3.8) is 0 Å². The van der Waals surface area contributed by atoms with Gasteiger partial charge in [-0.25, -0.2) is 4.39 Å². The number of aromatic amines is 1. The number of piperidine rings is 1. The van der Waals surface area contributed by atoms with Gasteiger partial charge in [-0.1, -0.05) is 0 Å². The van der Waals surface area contributed by atoms with Crippen molar-refractivity contribution in [1.29, 1.82) is 0 Å². The third kappa shape index (κ3) is 2.88. The number of aromatic nitrogens is 3. The summed E-state index contributed by atoms with van der Waals surface area (Å²) in [7, 11) is 2.18. The Morgan fingerprint density at radius 1 is 1.30 bits per heavy atom. The van der Waals surface area contributed by atoms with E-state index in [-0.39, 0.29) is 5.82 Å². The van der Waals surface area contributed by atoms with E-state index in [0.29, 0.717) is 5.92 Å². The first-order valence-electron chi connectivity index (χ1n) is 8.17. The van der Waals surface area contributed by atoms with Gasteiger partial charge >= 0.3 is 0 Å². The van der Waals surface area contributed by atoms with Crippen molar-refractivity contribution < 1.29 is 4.39 Å². The van der Waals surface area contributed by atoms with Crippen LogP contribution in [0.1, 0.15) is 12.8 Å². The van der Waals surface area contributed by atoms with Crippen LogP contribution in [0.5, 0.6) is 0 Å². The molecule has 3 heterocycles. The number of nitrogens with one attached hydrogen (secondary N) is 1. The van der Waals surface area contributed by atoms with Crippen molar-refractivity contribution in [2.75, 3.05) is 20.1 Å². The van der Waals surface area contributed by atoms with Crippen LogP contribution in [-0.2, 0) is 6.54 Å². The van der Waals surface area contributed by atoms with Gasteiger partial charge in [-0.3, -0.25) is 4.68 Å². The van der Waals surface area contributed by atoms with E-state index >= 15 is 0 Å². The van der Waals surface area contributed by atoms with Crippen LogP contribution in [0.2, 0.25) is 0 Å². The first kappa shape index (κ1) is 14.5. The van der Waals surface area contributed by atoms with Crippen molar-refractivity contribution in [1.82, 2.24) is 19.7 Å². The van der Waals surface area contributed by atoms with Crippen molar-refractivity contribution in [3.05, 3.63) is 42.6 Å². The lowest BCUT2D eigenvalue weighted by atomic mass is 9.97. The summed E-state index contributed by atoms with van der Waals surface area (Å²) in [5, 5.41) is 5.56. The van der Waals surface area contributed by atoms with Gasteiger partial charge in [0.1, 0.15) is 5.82 Å². The SMILES string of the molecule is CN1CCC(Cn2cc(-c3c[nH]c4cc(F)ccc34)cn2)CC1. The zero-order valence-corrected chi connectivity index (χ0v) is 13.3. The molecule has 0 amide bonds. The van der Waals surface area contributed by atoms with Crippen molar-refractivity contribution in [2.45, 2.75) is 19.4 Å². The fourth-order valence-corrected chi connectivity index (χ4v) is 3.45. The van der Waals surface area contributed by atoms with Gasteiger partial charge in [0, 0.05) is 41.0 Å². The molecule has 0 bridgehead atoms. The molecular formula is C18H21FN4. The smallest absolute Gasteiger partial charge is 0.125 e. The number of H-pyrrole nitrogens is 1. The molecule has 3 aromatic rings.